The molecular formula is C6H15N5O2. The van der Waals surface area contributed by atoms with Crippen LogP contribution in [-0.4, -0.2) is 40.9 Å². The van der Waals surface area contributed by atoms with Crippen molar-refractivity contribution in [3.63, 3.8) is 0 Å². The Morgan fingerprint density at radius 2 is 1.69 bits per heavy atom. The van der Waals surface area contributed by atoms with Crippen molar-refractivity contribution in [2.75, 3.05) is 13.2 Å². The summed E-state index contributed by atoms with van der Waals surface area (Å²) >= 11 is 0. The quantitative estimate of drug-likeness (QED) is 0.243. The average molecular weight is 189 g/mol. The number of rotatable bonds is 3. The van der Waals surface area contributed by atoms with Crippen LogP contribution >= 0.6 is 0 Å². The third-order valence-corrected chi connectivity index (χ3v) is 1.31. The predicted molar refractivity (Wildman–Crippen MR) is 50.0 cm³/mol. The fraction of sp³-hybridized carbons (Fsp3) is 0.667. The molecule has 7 heteroatoms. The number of nitrogens with two attached hydrogens (primary N) is 3. The van der Waals surface area contributed by atoms with Crippen molar-refractivity contribution < 1.29 is 10.2 Å². The molecule has 76 valence electrons. The second kappa shape index (κ2) is 4.63. The van der Waals surface area contributed by atoms with Crippen molar-refractivity contribution in [3.8, 4) is 0 Å². The maximum absolute atomic E-state index is 8.83. The fourth-order valence-electron chi connectivity index (χ4n) is 0.555. The van der Waals surface area contributed by atoms with Crippen LogP contribution in [0.25, 0.3) is 0 Å². The second-order valence-corrected chi connectivity index (χ2v) is 2.82. The monoisotopic (exact) mass is 189 g/mol. The van der Waals surface area contributed by atoms with Gasteiger partial charge in [0.05, 0.1) is 13.2 Å². The highest BCUT2D eigenvalue weighted by atomic mass is 16.3. The minimum atomic E-state index is -1.05. The van der Waals surface area contributed by atoms with Crippen LogP contribution < -0.4 is 17.2 Å². The zero-order valence-electron chi connectivity index (χ0n) is 7.44. The summed E-state index contributed by atoms with van der Waals surface area (Å²) in [5.74, 6) is -0.398. The Labute approximate surface area is 76.0 Å². The smallest absolute Gasteiger partial charge is 0.219 e. The van der Waals surface area contributed by atoms with Gasteiger partial charge in [0.25, 0.3) is 0 Å². The maximum Gasteiger partial charge on any atom is 0.219 e. The lowest BCUT2D eigenvalue weighted by Gasteiger charge is -2.18. The first-order valence-electron chi connectivity index (χ1n) is 3.60. The number of nitrogens with zero attached hydrogens (tertiary/aromatic N) is 2. The number of hydrogen-bond acceptors (Lipinski definition) is 3. The van der Waals surface area contributed by atoms with E-state index in [1.807, 2.05) is 0 Å². The highest BCUT2D eigenvalue weighted by Gasteiger charge is 2.21. The summed E-state index contributed by atoms with van der Waals surface area (Å²) in [6, 6.07) is 0. The summed E-state index contributed by atoms with van der Waals surface area (Å²) < 4.78 is 0. The van der Waals surface area contributed by atoms with Gasteiger partial charge in [-0.15, -0.1) is 0 Å². The zero-order chi connectivity index (χ0) is 10.5. The molecule has 0 bridgehead atoms. The highest BCUT2D eigenvalue weighted by Crippen LogP contribution is 2.07. The summed E-state index contributed by atoms with van der Waals surface area (Å²) in [4.78, 5) is 7.17. The molecule has 0 saturated heterocycles. The van der Waals surface area contributed by atoms with Gasteiger partial charge in [-0.2, -0.15) is 4.99 Å². The maximum atomic E-state index is 8.83. The Balaban J connectivity index is 4.61. The number of aliphatic hydroxyl groups is 2. The Morgan fingerprint density at radius 1 is 1.23 bits per heavy atom. The molecule has 8 N–H and O–H groups in total. The van der Waals surface area contributed by atoms with E-state index in [-0.39, 0.29) is 25.1 Å². The Morgan fingerprint density at radius 3 is 2.00 bits per heavy atom. The van der Waals surface area contributed by atoms with Crippen molar-refractivity contribution in [2.45, 2.75) is 12.5 Å². The lowest BCUT2D eigenvalue weighted by atomic mass is 10.1. The number of aliphatic hydroxyl groups excluding tert-OH is 2. The van der Waals surface area contributed by atoms with Gasteiger partial charge < -0.3 is 27.4 Å². The van der Waals surface area contributed by atoms with E-state index in [0.29, 0.717) is 0 Å². The fourth-order valence-corrected chi connectivity index (χ4v) is 0.555. The zero-order valence-corrected chi connectivity index (χ0v) is 7.44. The van der Waals surface area contributed by atoms with Gasteiger partial charge in [0.2, 0.25) is 5.96 Å². The molecule has 0 spiro atoms. The van der Waals surface area contributed by atoms with Gasteiger partial charge >= 0.3 is 0 Å². The number of guanidine groups is 2. The first-order valence-corrected chi connectivity index (χ1v) is 3.60. The summed E-state index contributed by atoms with van der Waals surface area (Å²) in [5, 5.41) is 17.7. The molecule has 7 nitrogen and oxygen atoms in total. The van der Waals surface area contributed by atoms with Crippen LogP contribution in [0.5, 0.6) is 0 Å². The lowest BCUT2D eigenvalue weighted by Crippen LogP contribution is -2.35. The highest BCUT2D eigenvalue weighted by molar-refractivity contribution is 5.92. The molecule has 0 aliphatic heterocycles. The molecule has 0 unspecified atom stereocenters. The Kier molecular flexibility index (Phi) is 4.15. The minimum Gasteiger partial charge on any atom is -0.394 e. The SMILES string of the molecule is CC(CO)(CO)N=C(N)N=C(N)N. The van der Waals surface area contributed by atoms with Crippen molar-refractivity contribution >= 4 is 11.9 Å². The normalized spacial score (nSPS) is 12.7. The van der Waals surface area contributed by atoms with Crippen LogP contribution in [0.3, 0.4) is 0 Å². The van der Waals surface area contributed by atoms with Gasteiger partial charge in [-0.1, -0.05) is 0 Å². The van der Waals surface area contributed by atoms with E-state index in [2.05, 4.69) is 9.98 Å². The first-order chi connectivity index (χ1) is 5.93. The van der Waals surface area contributed by atoms with E-state index in [1.54, 1.807) is 0 Å². The third-order valence-electron chi connectivity index (χ3n) is 1.31. The molecule has 0 aromatic carbocycles. The van der Waals surface area contributed by atoms with E-state index in [0.717, 1.165) is 0 Å². The first kappa shape index (κ1) is 11.7. The summed E-state index contributed by atoms with van der Waals surface area (Å²) in [6.45, 7) is 0.830. The van der Waals surface area contributed by atoms with Gasteiger partial charge in [-0.25, -0.2) is 4.99 Å². The van der Waals surface area contributed by atoms with Gasteiger partial charge in [0.1, 0.15) is 5.54 Å². The van der Waals surface area contributed by atoms with Gasteiger partial charge in [0.15, 0.2) is 5.96 Å². The van der Waals surface area contributed by atoms with Crippen molar-refractivity contribution in [1.29, 1.82) is 0 Å². The molecule has 0 aliphatic rings. The predicted octanol–water partition coefficient (Wildman–Crippen LogP) is -2.68. The average Bonchev–Trinajstić information content (AvgIpc) is 2.02. The van der Waals surface area contributed by atoms with Gasteiger partial charge in [-0.3, -0.25) is 0 Å². The van der Waals surface area contributed by atoms with Crippen LogP contribution in [0, 0.1) is 0 Å². The third kappa shape index (κ3) is 4.28. The molecule has 0 amide bonds. The second-order valence-electron chi connectivity index (χ2n) is 2.82. The summed E-state index contributed by atoms with van der Waals surface area (Å²) in [7, 11) is 0. The molecule has 0 saturated carbocycles. The van der Waals surface area contributed by atoms with E-state index in [9.17, 15) is 0 Å². The van der Waals surface area contributed by atoms with Crippen LogP contribution in [0.15, 0.2) is 9.98 Å². The molecule has 0 rings (SSSR count). The molecule has 0 aromatic rings. The largest absolute Gasteiger partial charge is 0.394 e. The van der Waals surface area contributed by atoms with E-state index in [4.69, 9.17) is 27.4 Å². The molecular weight excluding hydrogens is 174 g/mol. The van der Waals surface area contributed by atoms with E-state index >= 15 is 0 Å². The number of aliphatic imine (C=N–C) groups is 2. The molecule has 0 atom stereocenters. The minimum absolute atomic E-state index is 0.175. The van der Waals surface area contributed by atoms with Crippen LogP contribution in [0.4, 0.5) is 0 Å². The van der Waals surface area contributed by atoms with Crippen molar-refractivity contribution in [3.05, 3.63) is 0 Å². The lowest BCUT2D eigenvalue weighted by molar-refractivity contribution is 0.135. The van der Waals surface area contributed by atoms with Crippen LogP contribution in [0.1, 0.15) is 6.92 Å². The van der Waals surface area contributed by atoms with Crippen LogP contribution in [-0.2, 0) is 0 Å². The Bertz CT molecular complexity index is 217. The molecule has 0 fully saturated rings. The molecule has 13 heavy (non-hydrogen) atoms. The van der Waals surface area contributed by atoms with E-state index in [1.165, 1.54) is 6.92 Å². The molecule has 0 radical (unpaired) electrons. The molecule has 0 aliphatic carbocycles. The standard InChI is InChI=1S/C6H15N5O2/c1-6(2-12,3-13)11-5(9)10-4(7)8/h12-13H,2-3H2,1H3,(H6,7,8,9,10,11). The number of hydrogen-bond donors (Lipinski definition) is 5. The van der Waals surface area contributed by atoms with Gasteiger partial charge in [0, 0.05) is 0 Å². The van der Waals surface area contributed by atoms with Crippen molar-refractivity contribution in [2.24, 2.45) is 27.2 Å². The van der Waals surface area contributed by atoms with Crippen molar-refractivity contribution in [1.82, 2.24) is 0 Å². The molecule has 0 aromatic heterocycles. The summed E-state index contributed by atoms with van der Waals surface area (Å²) in [5.41, 5.74) is 14.3. The van der Waals surface area contributed by atoms with Gasteiger partial charge in [-0.05, 0) is 6.92 Å². The summed E-state index contributed by atoms with van der Waals surface area (Å²) in [6.07, 6.45) is 0. The topological polar surface area (TPSA) is 143 Å². The molecule has 0 heterocycles. The van der Waals surface area contributed by atoms with E-state index < -0.39 is 5.54 Å². The Hall–Kier alpha value is -1.34. The van der Waals surface area contributed by atoms with Crippen LogP contribution in [0.2, 0.25) is 0 Å².